The second kappa shape index (κ2) is 6.11. The van der Waals surface area contributed by atoms with Crippen LogP contribution in [0.4, 0.5) is 0 Å². The minimum Gasteiger partial charge on any atom is -0.326 e. The predicted molar refractivity (Wildman–Crippen MR) is 91.1 cm³/mol. The van der Waals surface area contributed by atoms with Gasteiger partial charge in [-0.15, -0.1) is 11.3 Å². The van der Waals surface area contributed by atoms with Crippen LogP contribution in [0.5, 0.6) is 0 Å². The van der Waals surface area contributed by atoms with Crippen LogP contribution in [-0.4, -0.2) is 29.0 Å². The van der Waals surface area contributed by atoms with Gasteiger partial charge in [0.1, 0.15) is 0 Å². The van der Waals surface area contributed by atoms with E-state index >= 15 is 0 Å². The molecule has 0 spiro atoms. The van der Waals surface area contributed by atoms with Crippen LogP contribution in [0.2, 0.25) is 0 Å². The maximum Gasteiger partial charge on any atom is 0.0959 e. The van der Waals surface area contributed by atoms with Crippen molar-refractivity contribution in [3.63, 3.8) is 0 Å². The van der Waals surface area contributed by atoms with E-state index in [1.165, 1.54) is 34.7 Å². The number of likely N-dealkylation sites (tertiary alicyclic amines) is 1. The lowest BCUT2D eigenvalue weighted by Gasteiger charge is -2.22. The van der Waals surface area contributed by atoms with Crippen molar-refractivity contribution in [3.05, 3.63) is 52.0 Å². The lowest BCUT2D eigenvalue weighted by atomic mass is 9.86. The number of nitrogens with two attached hydrogens (primary N) is 1. The third kappa shape index (κ3) is 2.83. The quantitative estimate of drug-likeness (QED) is 0.941. The average Bonchev–Trinajstić information content (AvgIpc) is 3.06. The third-order valence-corrected chi connectivity index (χ3v) is 6.22. The van der Waals surface area contributed by atoms with Gasteiger partial charge in [0.15, 0.2) is 0 Å². The highest BCUT2D eigenvalue weighted by atomic mass is 32.1. The highest BCUT2D eigenvalue weighted by molar-refractivity contribution is 7.11. The SMILES string of the molecule is N[C@@H]1CN(Cc2cnc(C3CCC3)s2)C[C@H]1c1ccccc1. The van der Waals surface area contributed by atoms with Crippen molar-refractivity contribution in [3.8, 4) is 0 Å². The van der Waals surface area contributed by atoms with E-state index in [2.05, 4.69) is 46.4 Å². The molecule has 116 valence electrons. The molecule has 22 heavy (non-hydrogen) atoms. The number of thiazole rings is 1. The molecular weight excluding hydrogens is 290 g/mol. The van der Waals surface area contributed by atoms with E-state index in [9.17, 15) is 0 Å². The van der Waals surface area contributed by atoms with Crippen LogP contribution in [-0.2, 0) is 6.54 Å². The third-order valence-electron chi connectivity index (χ3n) is 5.07. The van der Waals surface area contributed by atoms with E-state index in [-0.39, 0.29) is 6.04 Å². The molecule has 2 aliphatic rings. The Balaban J connectivity index is 1.40. The van der Waals surface area contributed by atoms with E-state index in [1.807, 2.05) is 11.3 Å². The molecule has 4 heteroatoms. The van der Waals surface area contributed by atoms with Crippen molar-refractivity contribution in [1.29, 1.82) is 0 Å². The van der Waals surface area contributed by atoms with Crippen LogP contribution < -0.4 is 5.73 Å². The first-order valence-corrected chi connectivity index (χ1v) is 9.09. The van der Waals surface area contributed by atoms with Crippen LogP contribution >= 0.6 is 11.3 Å². The smallest absolute Gasteiger partial charge is 0.0959 e. The van der Waals surface area contributed by atoms with Crippen molar-refractivity contribution in [1.82, 2.24) is 9.88 Å². The molecule has 2 fully saturated rings. The van der Waals surface area contributed by atoms with Gasteiger partial charge in [0.2, 0.25) is 0 Å². The molecule has 1 aliphatic heterocycles. The number of benzene rings is 1. The molecule has 0 radical (unpaired) electrons. The van der Waals surface area contributed by atoms with Crippen LogP contribution in [0, 0.1) is 0 Å². The summed E-state index contributed by atoms with van der Waals surface area (Å²) in [4.78, 5) is 8.52. The van der Waals surface area contributed by atoms with Gasteiger partial charge in [-0.25, -0.2) is 4.98 Å². The number of hydrogen-bond acceptors (Lipinski definition) is 4. The molecule has 0 amide bonds. The van der Waals surface area contributed by atoms with E-state index in [0.29, 0.717) is 5.92 Å². The topological polar surface area (TPSA) is 42.1 Å². The molecule has 2 atom stereocenters. The summed E-state index contributed by atoms with van der Waals surface area (Å²) in [5.74, 6) is 1.21. The molecule has 3 nitrogen and oxygen atoms in total. The van der Waals surface area contributed by atoms with Gasteiger partial charge in [-0.2, -0.15) is 0 Å². The van der Waals surface area contributed by atoms with Crippen LogP contribution in [0.1, 0.15) is 46.5 Å². The second-order valence-corrected chi connectivity index (χ2v) is 7.81. The monoisotopic (exact) mass is 313 g/mol. The molecule has 1 aromatic carbocycles. The standard InChI is InChI=1S/C18H23N3S/c19-17-12-21(11-16(17)13-5-2-1-3-6-13)10-15-9-20-18(22-15)14-7-4-8-14/h1-3,5-6,9,14,16-17H,4,7-8,10-12,19H2/t16-,17+/m0/s1. The Kier molecular flexibility index (Phi) is 3.99. The zero-order chi connectivity index (χ0) is 14.9. The lowest BCUT2D eigenvalue weighted by molar-refractivity contribution is 0.326. The molecule has 1 aliphatic carbocycles. The van der Waals surface area contributed by atoms with Crippen molar-refractivity contribution >= 4 is 11.3 Å². The minimum atomic E-state index is 0.237. The maximum atomic E-state index is 6.39. The van der Waals surface area contributed by atoms with Crippen LogP contribution in [0.15, 0.2) is 36.5 Å². The molecule has 2 N–H and O–H groups in total. The average molecular weight is 313 g/mol. The van der Waals surface area contributed by atoms with E-state index in [4.69, 9.17) is 5.73 Å². The Hall–Kier alpha value is -1.23. The Labute approximate surface area is 136 Å². The summed E-state index contributed by atoms with van der Waals surface area (Å²) in [5.41, 5.74) is 7.76. The minimum absolute atomic E-state index is 0.237. The van der Waals surface area contributed by atoms with Crippen LogP contribution in [0.25, 0.3) is 0 Å². The summed E-state index contributed by atoms with van der Waals surface area (Å²) in [5, 5.41) is 1.35. The Morgan fingerprint density at radius 1 is 1.18 bits per heavy atom. The van der Waals surface area contributed by atoms with Crippen molar-refractivity contribution in [2.45, 2.75) is 43.7 Å². The molecular formula is C18H23N3S. The Bertz CT molecular complexity index is 620. The number of hydrogen-bond donors (Lipinski definition) is 1. The molecule has 2 aromatic rings. The molecule has 1 saturated heterocycles. The Morgan fingerprint density at radius 3 is 2.73 bits per heavy atom. The lowest BCUT2D eigenvalue weighted by Crippen LogP contribution is -2.28. The van der Waals surface area contributed by atoms with Gasteiger partial charge < -0.3 is 5.73 Å². The predicted octanol–water partition coefficient (Wildman–Crippen LogP) is 3.34. The normalized spacial score (nSPS) is 26.2. The zero-order valence-corrected chi connectivity index (χ0v) is 13.6. The van der Waals surface area contributed by atoms with Gasteiger partial charge in [0.25, 0.3) is 0 Å². The molecule has 2 heterocycles. The number of aromatic nitrogens is 1. The largest absolute Gasteiger partial charge is 0.326 e. The summed E-state index contributed by atoms with van der Waals surface area (Å²) in [7, 11) is 0. The van der Waals surface area contributed by atoms with E-state index in [0.717, 1.165) is 25.6 Å². The van der Waals surface area contributed by atoms with Crippen molar-refractivity contribution < 1.29 is 0 Å². The molecule has 1 aromatic heterocycles. The first-order valence-electron chi connectivity index (χ1n) is 8.27. The fourth-order valence-electron chi connectivity index (χ4n) is 3.56. The van der Waals surface area contributed by atoms with Gasteiger partial charge in [0.05, 0.1) is 5.01 Å². The second-order valence-electron chi connectivity index (χ2n) is 6.67. The fourth-order valence-corrected chi connectivity index (χ4v) is 4.68. The summed E-state index contributed by atoms with van der Waals surface area (Å²) < 4.78 is 0. The molecule has 0 unspecified atom stereocenters. The van der Waals surface area contributed by atoms with Gasteiger partial charge in [-0.1, -0.05) is 36.8 Å². The van der Waals surface area contributed by atoms with Crippen molar-refractivity contribution in [2.24, 2.45) is 5.73 Å². The summed E-state index contributed by atoms with van der Waals surface area (Å²) in [6.07, 6.45) is 6.12. The first kappa shape index (κ1) is 14.4. The highest BCUT2D eigenvalue weighted by Gasteiger charge is 2.31. The van der Waals surface area contributed by atoms with Crippen LogP contribution in [0.3, 0.4) is 0 Å². The molecule has 1 saturated carbocycles. The summed E-state index contributed by atoms with van der Waals surface area (Å²) in [6, 6.07) is 10.9. The fraction of sp³-hybridized carbons (Fsp3) is 0.500. The highest BCUT2D eigenvalue weighted by Crippen LogP contribution is 2.38. The Morgan fingerprint density at radius 2 is 2.00 bits per heavy atom. The van der Waals surface area contributed by atoms with E-state index in [1.54, 1.807) is 0 Å². The molecule has 4 rings (SSSR count). The molecule has 0 bridgehead atoms. The van der Waals surface area contributed by atoms with E-state index < -0.39 is 0 Å². The van der Waals surface area contributed by atoms with Gasteiger partial charge in [0, 0.05) is 48.6 Å². The maximum absolute atomic E-state index is 6.39. The number of rotatable bonds is 4. The van der Waals surface area contributed by atoms with Gasteiger partial charge in [-0.3, -0.25) is 4.90 Å². The number of nitrogens with zero attached hydrogens (tertiary/aromatic N) is 2. The zero-order valence-electron chi connectivity index (χ0n) is 12.8. The summed E-state index contributed by atoms with van der Waals surface area (Å²) >= 11 is 1.91. The first-order chi connectivity index (χ1) is 10.8. The van der Waals surface area contributed by atoms with Gasteiger partial charge in [-0.05, 0) is 18.4 Å². The summed E-state index contributed by atoms with van der Waals surface area (Å²) in [6.45, 7) is 3.04. The van der Waals surface area contributed by atoms with Gasteiger partial charge >= 0.3 is 0 Å². The van der Waals surface area contributed by atoms with Crippen molar-refractivity contribution in [2.75, 3.05) is 13.1 Å².